The molecule has 0 aromatic rings. The Hall–Kier alpha value is -0.610. The van der Waals surface area contributed by atoms with Gasteiger partial charge in [-0.2, -0.15) is 0 Å². The van der Waals surface area contributed by atoms with Gasteiger partial charge in [0.1, 0.15) is 5.60 Å². The highest BCUT2D eigenvalue weighted by molar-refractivity contribution is 5.69. The smallest absolute Gasteiger partial charge is 0.306 e. The summed E-state index contributed by atoms with van der Waals surface area (Å²) >= 11 is 0. The quantitative estimate of drug-likeness (QED) is 0.671. The SMILES string of the molecule is CN(CCCN)CCCC(=O)OC(C)(C)C. The molecule has 0 aliphatic carbocycles. The minimum absolute atomic E-state index is 0.111. The molecule has 16 heavy (non-hydrogen) atoms. The van der Waals surface area contributed by atoms with Crippen LogP contribution >= 0.6 is 0 Å². The monoisotopic (exact) mass is 230 g/mol. The molecule has 0 heterocycles. The van der Waals surface area contributed by atoms with Crippen LogP contribution in [0.1, 0.15) is 40.0 Å². The summed E-state index contributed by atoms with van der Waals surface area (Å²) < 4.78 is 5.22. The van der Waals surface area contributed by atoms with Crippen molar-refractivity contribution in [2.75, 3.05) is 26.7 Å². The van der Waals surface area contributed by atoms with Crippen molar-refractivity contribution in [1.82, 2.24) is 4.90 Å². The summed E-state index contributed by atoms with van der Waals surface area (Å²) in [7, 11) is 2.05. The first-order valence-electron chi connectivity index (χ1n) is 5.95. The summed E-state index contributed by atoms with van der Waals surface area (Å²) in [5.74, 6) is -0.111. The van der Waals surface area contributed by atoms with Crippen molar-refractivity contribution in [3.8, 4) is 0 Å². The second-order valence-corrected chi connectivity index (χ2v) is 5.14. The van der Waals surface area contributed by atoms with E-state index in [1.807, 2.05) is 27.8 Å². The molecule has 0 unspecified atom stereocenters. The van der Waals surface area contributed by atoms with Gasteiger partial charge in [0.05, 0.1) is 0 Å². The Morgan fingerprint density at radius 2 is 1.81 bits per heavy atom. The zero-order valence-corrected chi connectivity index (χ0v) is 11.1. The second kappa shape index (κ2) is 7.63. The maximum atomic E-state index is 11.4. The highest BCUT2D eigenvalue weighted by Gasteiger charge is 2.15. The number of carbonyl (C=O) groups excluding carboxylic acids is 1. The zero-order valence-electron chi connectivity index (χ0n) is 11.1. The molecule has 4 heteroatoms. The molecule has 2 N–H and O–H groups in total. The molecule has 0 aliphatic heterocycles. The van der Waals surface area contributed by atoms with Crippen molar-refractivity contribution in [1.29, 1.82) is 0 Å². The number of ether oxygens (including phenoxy) is 1. The van der Waals surface area contributed by atoms with Gasteiger partial charge in [0.25, 0.3) is 0 Å². The number of carbonyl (C=O) groups is 1. The van der Waals surface area contributed by atoms with Crippen LogP contribution in [0.3, 0.4) is 0 Å². The van der Waals surface area contributed by atoms with Gasteiger partial charge in [0.15, 0.2) is 0 Å². The largest absolute Gasteiger partial charge is 0.460 e. The maximum absolute atomic E-state index is 11.4. The highest BCUT2D eigenvalue weighted by atomic mass is 16.6. The first-order chi connectivity index (χ1) is 7.35. The van der Waals surface area contributed by atoms with Crippen molar-refractivity contribution in [3.63, 3.8) is 0 Å². The van der Waals surface area contributed by atoms with Gasteiger partial charge in [-0.15, -0.1) is 0 Å². The predicted octanol–water partition coefficient (Wildman–Crippen LogP) is 1.39. The summed E-state index contributed by atoms with van der Waals surface area (Å²) in [6, 6.07) is 0. The summed E-state index contributed by atoms with van der Waals surface area (Å²) in [6.45, 7) is 8.29. The molecule has 0 saturated carbocycles. The number of hydrogen-bond donors (Lipinski definition) is 1. The topological polar surface area (TPSA) is 55.6 Å². The molecule has 0 amide bonds. The average molecular weight is 230 g/mol. The molecule has 0 bridgehead atoms. The Bertz CT molecular complexity index is 200. The van der Waals surface area contributed by atoms with E-state index in [1.54, 1.807) is 0 Å². The van der Waals surface area contributed by atoms with Gasteiger partial charge in [-0.1, -0.05) is 0 Å². The number of esters is 1. The van der Waals surface area contributed by atoms with Crippen LogP contribution in [-0.2, 0) is 9.53 Å². The van der Waals surface area contributed by atoms with E-state index >= 15 is 0 Å². The molecule has 0 saturated heterocycles. The zero-order chi connectivity index (χ0) is 12.6. The van der Waals surface area contributed by atoms with Gasteiger partial charge < -0.3 is 15.4 Å². The van der Waals surface area contributed by atoms with Crippen LogP contribution in [0.4, 0.5) is 0 Å². The Kier molecular flexibility index (Phi) is 7.34. The molecule has 0 fully saturated rings. The Morgan fingerprint density at radius 1 is 1.25 bits per heavy atom. The standard InChI is InChI=1S/C12H26N2O2/c1-12(2,3)16-11(15)7-5-9-14(4)10-6-8-13/h5-10,13H2,1-4H3. The molecule has 4 nitrogen and oxygen atoms in total. The molecule has 0 rings (SSSR count). The number of nitrogens with two attached hydrogens (primary N) is 1. The average Bonchev–Trinajstić information content (AvgIpc) is 2.11. The molecule has 96 valence electrons. The van der Waals surface area contributed by atoms with E-state index in [4.69, 9.17) is 10.5 Å². The molecule has 0 aliphatic rings. The number of hydrogen-bond acceptors (Lipinski definition) is 4. The molecule has 0 spiro atoms. The molecule has 0 aromatic carbocycles. The lowest BCUT2D eigenvalue weighted by atomic mass is 10.2. The summed E-state index contributed by atoms with van der Waals surface area (Å²) in [5, 5.41) is 0. The van der Waals surface area contributed by atoms with Crippen LogP contribution in [0.2, 0.25) is 0 Å². The van der Waals surface area contributed by atoms with Crippen LogP contribution in [0.25, 0.3) is 0 Å². The minimum Gasteiger partial charge on any atom is -0.460 e. The van der Waals surface area contributed by atoms with Crippen LogP contribution < -0.4 is 5.73 Å². The van der Waals surface area contributed by atoms with E-state index in [-0.39, 0.29) is 11.6 Å². The van der Waals surface area contributed by atoms with Crippen LogP contribution in [0.15, 0.2) is 0 Å². The van der Waals surface area contributed by atoms with E-state index in [0.717, 1.165) is 32.5 Å². The maximum Gasteiger partial charge on any atom is 0.306 e. The van der Waals surface area contributed by atoms with Crippen molar-refractivity contribution in [3.05, 3.63) is 0 Å². The molecular weight excluding hydrogens is 204 g/mol. The Morgan fingerprint density at radius 3 is 2.31 bits per heavy atom. The lowest BCUT2D eigenvalue weighted by molar-refractivity contribution is -0.154. The summed E-state index contributed by atoms with van der Waals surface area (Å²) in [6.07, 6.45) is 2.34. The molecule has 0 radical (unpaired) electrons. The van der Waals surface area contributed by atoms with Crippen LogP contribution in [0.5, 0.6) is 0 Å². The third-order valence-electron chi connectivity index (χ3n) is 2.08. The Balaban J connectivity index is 3.54. The van der Waals surface area contributed by atoms with E-state index < -0.39 is 0 Å². The molecule has 0 atom stereocenters. The first-order valence-corrected chi connectivity index (χ1v) is 5.95. The van der Waals surface area contributed by atoms with Crippen LogP contribution in [-0.4, -0.2) is 43.2 Å². The predicted molar refractivity (Wildman–Crippen MR) is 66.2 cm³/mol. The fourth-order valence-electron chi connectivity index (χ4n) is 1.36. The fraction of sp³-hybridized carbons (Fsp3) is 0.917. The fourth-order valence-corrected chi connectivity index (χ4v) is 1.36. The van der Waals surface area contributed by atoms with E-state index in [1.165, 1.54) is 0 Å². The second-order valence-electron chi connectivity index (χ2n) is 5.14. The van der Waals surface area contributed by atoms with Crippen molar-refractivity contribution >= 4 is 5.97 Å². The normalized spacial score (nSPS) is 11.9. The highest BCUT2D eigenvalue weighted by Crippen LogP contribution is 2.09. The van der Waals surface area contributed by atoms with Crippen molar-refractivity contribution < 1.29 is 9.53 Å². The molecule has 0 aromatic heterocycles. The minimum atomic E-state index is -0.372. The van der Waals surface area contributed by atoms with Crippen molar-refractivity contribution in [2.45, 2.75) is 45.6 Å². The lowest BCUT2D eigenvalue weighted by Crippen LogP contribution is -2.26. The van der Waals surface area contributed by atoms with Gasteiger partial charge in [0.2, 0.25) is 0 Å². The van der Waals surface area contributed by atoms with E-state index in [0.29, 0.717) is 6.42 Å². The van der Waals surface area contributed by atoms with E-state index in [2.05, 4.69) is 4.90 Å². The van der Waals surface area contributed by atoms with Gasteiger partial charge >= 0.3 is 5.97 Å². The summed E-state index contributed by atoms with van der Waals surface area (Å²) in [5.41, 5.74) is 5.05. The number of rotatable bonds is 7. The van der Waals surface area contributed by atoms with Gasteiger partial charge in [0, 0.05) is 6.42 Å². The van der Waals surface area contributed by atoms with Crippen molar-refractivity contribution in [2.24, 2.45) is 5.73 Å². The first kappa shape index (κ1) is 15.4. The number of nitrogens with zero attached hydrogens (tertiary/aromatic N) is 1. The third-order valence-corrected chi connectivity index (χ3v) is 2.08. The molecular formula is C12H26N2O2. The summed E-state index contributed by atoms with van der Waals surface area (Å²) in [4.78, 5) is 13.6. The van der Waals surface area contributed by atoms with E-state index in [9.17, 15) is 4.79 Å². The Labute approximate surface area is 99.1 Å². The lowest BCUT2D eigenvalue weighted by Gasteiger charge is -2.20. The van der Waals surface area contributed by atoms with Gasteiger partial charge in [-0.25, -0.2) is 0 Å². The third kappa shape index (κ3) is 9.93. The van der Waals surface area contributed by atoms with Crippen LogP contribution in [0, 0.1) is 0 Å². The van der Waals surface area contributed by atoms with Gasteiger partial charge in [-0.05, 0) is 60.3 Å². The van der Waals surface area contributed by atoms with Gasteiger partial charge in [-0.3, -0.25) is 4.79 Å².